The summed E-state index contributed by atoms with van der Waals surface area (Å²) in [5, 5.41) is 2.99. The zero-order chi connectivity index (χ0) is 14.1. The summed E-state index contributed by atoms with van der Waals surface area (Å²) in [5.74, 6) is 1.29. The molecule has 0 unspecified atom stereocenters. The normalized spacial score (nSPS) is 16.5. The van der Waals surface area contributed by atoms with Crippen LogP contribution in [0.1, 0.15) is 27.5 Å². The molecule has 3 rings (SSSR count). The van der Waals surface area contributed by atoms with Crippen molar-refractivity contribution in [2.45, 2.75) is 6.04 Å². The molecule has 2 aromatic carbocycles. The van der Waals surface area contributed by atoms with E-state index in [1.165, 1.54) is 0 Å². The zero-order valence-corrected chi connectivity index (χ0v) is 11.3. The first kappa shape index (κ1) is 12.5. The van der Waals surface area contributed by atoms with Crippen molar-refractivity contribution in [2.24, 2.45) is 0 Å². The van der Waals surface area contributed by atoms with Crippen molar-refractivity contribution < 1.29 is 14.3 Å². The Kier molecular flexibility index (Phi) is 3.06. The van der Waals surface area contributed by atoms with E-state index >= 15 is 0 Å². The lowest BCUT2D eigenvalue weighted by Crippen LogP contribution is -2.19. The average molecular weight is 269 g/mol. The summed E-state index contributed by atoms with van der Waals surface area (Å²) in [4.78, 5) is 12.0. The molecule has 1 aliphatic heterocycles. The van der Waals surface area contributed by atoms with Gasteiger partial charge in [0.2, 0.25) is 0 Å². The van der Waals surface area contributed by atoms with Crippen LogP contribution >= 0.6 is 0 Å². The van der Waals surface area contributed by atoms with Crippen LogP contribution in [-0.2, 0) is 0 Å². The average Bonchev–Trinajstić information content (AvgIpc) is 2.84. The fourth-order valence-electron chi connectivity index (χ4n) is 2.54. The van der Waals surface area contributed by atoms with Gasteiger partial charge in [0, 0.05) is 5.56 Å². The second-order valence-corrected chi connectivity index (χ2v) is 4.61. The van der Waals surface area contributed by atoms with Crippen LogP contribution in [-0.4, -0.2) is 20.1 Å². The van der Waals surface area contributed by atoms with E-state index in [0.29, 0.717) is 11.5 Å². The maximum absolute atomic E-state index is 12.0. The molecule has 1 amide bonds. The van der Waals surface area contributed by atoms with Crippen molar-refractivity contribution >= 4 is 5.91 Å². The van der Waals surface area contributed by atoms with Crippen molar-refractivity contribution in [3.63, 3.8) is 0 Å². The number of fused-ring (bicyclic) bond motifs is 1. The molecule has 0 bridgehead atoms. The van der Waals surface area contributed by atoms with Gasteiger partial charge in [0.15, 0.2) is 11.5 Å². The molecule has 0 aromatic heterocycles. The van der Waals surface area contributed by atoms with Gasteiger partial charge in [0.05, 0.1) is 20.3 Å². The summed E-state index contributed by atoms with van der Waals surface area (Å²) in [6.07, 6.45) is 0. The van der Waals surface area contributed by atoms with Crippen LogP contribution in [0.25, 0.3) is 0 Å². The van der Waals surface area contributed by atoms with Gasteiger partial charge in [-0.2, -0.15) is 0 Å². The van der Waals surface area contributed by atoms with Crippen LogP contribution < -0.4 is 14.8 Å². The van der Waals surface area contributed by atoms with Crippen LogP contribution in [0.2, 0.25) is 0 Å². The number of carbonyl (C=O) groups is 1. The number of rotatable bonds is 3. The van der Waals surface area contributed by atoms with E-state index in [4.69, 9.17) is 9.47 Å². The first-order valence-electron chi connectivity index (χ1n) is 6.36. The molecule has 0 spiro atoms. The number of methoxy groups -OCH3 is 2. The van der Waals surface area contributed by atoms with Gasteiger partial charge < -0.3 is 14.8 Å². The van der Waals surface area contributed by atoms with Crippen molar-refractivity contribution in [2.75, 3.05) is 14.2 Å². The molecule has 1 atom stereocenters. The number of ether oxygens (including phenoxy) is 2. The molecule has 0 fully saturated rings. The fourth-order valence-corrected chi connectivity index (χ4v) is 2.54. The first-order valence-corrected chi connectivity index (χ1v) is 6.36. The van der Waals surface area contributed by atoms with E-state index in [9.17, 15) is 4.79 Å². The molecule has 102 valence electrons. The molecule has 4 nitrogen and oxygen atoms in total. The monoisotopic (exact) mass is 269 g/mol. The van der Waals surface area contributed by atoms with Gasteiger partial charge in [0.25, 0.3) is 5.91 Å². The lowest BCUT2D eigenvalue weighted by atomic mass is 9.98. The highest BCUT2D eigenvalue weighted by Gasteiger charge is 2.29. The lowest BCUT2D eigenvalue weighted by Gasteiger charge is -2.15. The Hall–Kier alpha value is -2.49. The first-order chi connectivity index (χ1) is 9.74. The second-order valence-electron chi connectivity index (χ2n) is 4.61. The minimum Gasteiger partial charge on any atom is -0.493 e. The summed E-state index contributed by atoms with van der Waals surface area (Å²) >= 11 is 0. The Morgan fingerprint density at radius 1 is 1.00 bits per heavy atom. The smallest absolute Gasteiger partial charge is 0.252 e. The largest absolute Gasteiger partial charge is 0.493 e. The summed E-state index contributed by atoms with van der Waals surface area (Å²) in [5.41, 5.74) is 2.69. The standard InChI is InChI=1S/C16H15NO3/c1-19-13-8-7-10(9-14(13)20-2)15-11-5-3-4-6-12(11)16(18)17-15/h3-9,15H,1-2H3,(H,17,18)/t15-/m0/s1. The third-order valence-electron chi connectivity index (χ3n) is 3.53. The van der Waals surface area contributed by atoms with Crippen LogP contribution in [0.3, 0.4) is 0 Å². The van der Waals surface area contributed by atoms with Crippen molar-refractivity contribution in [3.8, 4) is 11.5 Å². The molecular formula is C16H15NO3. The molecule has 4 heteroatoms. The molecular weight excluding hydrogens is 254 g/mol. The maximum Gasteiger partial charge on any atom is 0.252 e. The third-order valence-corrected chi connectivity index (χ3v) is 3.53. The Morgan fingerprint density at radius 2 is 1.75 bits per heavy atom. The number of amides is 1. The van der Waals surface area contributed by atoms with Crippen LogP contribution in [0.4, 0.5) is 0 Å². The highest BCUT2D eigenvalue weighted by Crippen LogP contribution is 2.35. The molecule has 1 N–H and O–H groups in total. The van der Waals surface area contributed by atoms with Gasteiger partial charge in [-0.15, -0.1) is 0 Å². The minimum atomic E-state index is -0.140. The van der Waals surface area contributed by atoms with Crippen molar-refractivity contribution in [3.05, 3.63) is 59.2 Å². The van der Waals surface area contributed by atoms with Crippen LogP contribution in [0.5, 0.6) is 11.5 Å². The Balaban J connectivity index is 2.05. The molecule has 20 heavy (non-hydrogen) atoms. The SMILES string of the molecule is COc1ccc([C@@H]2NC(=O)c3ccccc32)cc1OC. The highest BCUT2D eigenvalue weighted by molar-refractivity contribution is 5.99. The fraction of sp³-hybridized carbons (Fsp3) is 0.188. The maximum atomic E-state index is 12.0. The van der Waals surface area contributed by atoms with Gasteiger partial charge in [-0.25, -0.2) is 0 Å². The Labute approximate surface area is 117 Å². The van der Waals surface area contributed by atoms with Crippen LogP contribution in [0, 0.1) is 0 Å². The number of hydrogen-bond donors (Lipinski definition) is 1. The quantitative estimate of drug-likeness (QED) is 0.931. The third kappa shape index (κ3) is 1.90. The number of hydrogen-bond acceptors (Lipinski definition) is 3. The number of carbonyl (C=O) groups excluding carboxylic acids is 1. The van der Waals surface area contributed by atoms with Gasteiger partial charge >= 0.3 is 0 Å². The van der Waals surface area contributed by atoms with E-state index in [1.807, 2.05) is 42.5 Å². The van der Waals surface area contributed by atoms with Crippen molar-refractivity contribution in [1.29, 1.82) is 0 Å². The van der Waals surface area contributed by atoms with E-state index in [0.717, 1.165) is 16.7 Å². The van der Waals surface area contributed by atoms with E-state index in [1.54, 1.807) is 14.2 Å². The number of benzene rings is 2. The topological polar surface area (TPSA) is 47.6 Å². The highest BCUT2D eigenvalue weighted by atomic mass is 16.5. The van der Waals surface area contributed by atoms with E-state index in [2.05, 4.69) is 5.32 Å². The second kappa shape index (κ2) is 4.89. The molecule has 1 heterocycles. The molecule has 0 saturated carbocycles. The van der Waals surface area contributed by atoms with Gasteiger partial charge in [-0.3, -0.25) is 4.79 Å². The molecule has 0 saturated heterocycles. The summed E-state index contributed by atoms with van der Waals surface area (Å²) in [6.45, 7) is 0. The summed E-state index contributed by atoms with van der Waals surface area (Å²) in [6, 6.07) is 13.2. The van der Waals surface area contributed by atoms with E-state index < -0.39 is 0 Å². The Morgan fingerprint density at radius 3 is 2.50 bits per heavy atom. The molecule has 1 aliphatic rings. The lowest BCUT2D eigenvalue weighted by molar-refractivity contribution is 0.0960. The number of nitrogens with one attached hydrogen (secondary N) is 1. The van der Waals surface area contributed by atoms with Crippen LogP contribution in [0.15, 0.2) is 42.5 Å². The van der Waals surface area contributed by atoms with E-state index in [-0.39, 0.29) is 11.9 Å². The van der Waals surface area contributed by atoms with Gasteiger partial charge in [-0.05, 0) is 29.3 Å². The van der Waals surface area contributed by atoms with Gasteiger partial charge in [-0.1, -0.05) is 24.3 Å². The zero-order valence-electron chi connectivity index (χ0n) is 11.3. The molecule has 0 radical (unpaired) electrons. The minimum absolute atomic E-state index is 0.0413. The van der Waals surface area contributed by atoms with Crippen molar-refractivity contribution in [1.82, 2.24) is 5.32 Å². The predicted octanol–water partition coefficient (Wildman–Crippen LogP) is 2.54. The summed E-state index contributed by atoms with van der Waals surface area (Å²) < 4.78 is 10.5. The molecule has 0 aliphatic carbocycles. The predicted molar refractivity (Wildman–Crippen MR) is 75.3 cm³/mol. The molecule has 2 aromatic rings. The Bertz CT molecular complexity index is 667. The summed E-state index contributed by atoms with van der Waals surface area (Å²) in [7, 11) is 3.20. The van der Waals surface area contributed by atoms with Gasteiger partial charge in [0.1, 0.15) is 0 Å².